The average molecular weight is 286 g/mol. The number of nitrogens with zero attached hydrogens (tertiary/aromatic N) is 2. The van der Waals surface area contributed by atoms with Gasteiger partial charge in [-0.1, -0.05) is 0 Å². The molecule has 0 aliphatic carbocycles. The molecule has 1 saturated heterocycles. The van der Waals surface area contributed by atoms with Crippen molar-refractivity contribution in [2.24, 2.45) is 0 Å². The molecule has 0 spiro atoms. The number of hydrogen-bond acceptors (Lipinski definition) is 4. The van der Waals surface area contributed by atoms with Gasteiger partial charge in [0.2, 0.25) is 5.91 Å². The third-order valence-electron chi connectivity index (χ3n) is 3.26. The molecule has 1 rings (SSSR count). The third-order valence-corrected chi connectivity index (χ3v) is 3.26. The number of rotatable bonds is 6. The molecule has 3 amide bonds. The van der Waals surface area contributed by atoms with Gasteiger partial charge < -0.3 is 25.5 Å². The molecule has 116 valence electrons. The predicted octanol–water partition coefficient (Wildman–Crippen LogP) is -0.779. The van der Waals surface area contributed by atoms with Crippen LogP contribution in [0.15, 0.2) is 0 Å². The lowest BCUT2D eigenvalue weighted by atomic mass is 10.1. The lowest BCUT2D eigenvalue weighted by molar-refractivity contribution is -0.120. The number of nitrogens with one attached hydrogen (secondary N) is 2. The van der Waals surface area contributed by atoms with Crippen LogP contribution in [0.4, 0.5) is 4.79 Å². The van der Waals surface area contributed by atoms with Crippen molar-refractivity contribution in [3.8, 4) is 0 Å². The van der Waals surface area contributed by atoms with E-state index >= 15 is 0 Å². The first kappa shape index (κ1) is 16.7. The zero-order valence-corrected chi connectivity index (χ0v) is 12.4. The van der Waals surface area contributed by atoms with Crippen molar-refractivity contribution in [2.45, 2.75) is 25.4 Å². The first-order valence-corrected chi connectivity index (χ1v) is 7.11. The van der Waals surface area contributed by atoms with E-state index in [4.69, 9.17) is 0 Å². The number of carbonyl (C=O) groups is 2. The largest absolute Gasteiger partial charge is 0.392 e. The third kappa shape index (κ3) is 6.72. The van der Waals surface area contributed by atoms with E-state index in [1.54, 1.807) is 14.1 Å². The lowest BCUT2D eigenvalue weighted by Gasteiger charge is -2.29. The number of carbonyl (C=O) groups excluding carboxylic acids is 2. The van der Waals surface area contributed by atoms with E-state index in [2.05, 4.69) is 15.5 Å². The predicted molar refractivity (Wildman–Crippen MR) is 76.4 cm³/mol. The van der Waals surface area contributed by atoms with Gasteiger partial charge in [-0.05, 0) is 32.4 Å². The fourth-order valence-corrected chi connectivity index (χ4v) is 2.14. The summed E-state index contributed by atoms with van der Waals surface area (Å²) >= 11 is 0. The van der Waals surface area contributed by atoms with Crippen LogP contribution in [0.5, 0.6) is 0 Å². The molecule has 1 aliphatic heterocycles. The second-order valence-corrected chi connectivity index (χ2v) is 5.35. The number of aliphatic hydroxyl groups is 1. The first-order valence-electron chi connectivity index (χ1n) is 7.11. The number of aliphatic hydroxyl groups excluding tert-OH is 1. The Morgan fingerprint density at radius 1 is 1.35 bits per heavy atom. The van der Waals surface area contributed by atoms with E-state index in [1.807, 2.05) is 0 Å². The highest BCUT2D eigenvalue weighted by molar-refractivity contribution is 5.83. The Labute approximate surface area is 120 Å². The summed E-state index contributed by atoms with van der Waals surface area (Å²) in [5.74, 6) is -0.182. The van der Waals surface area contributed by atoms with Gasteiger partial charge in [0.1, 0.15) is 0 Å². The summed E-state index contributed by atoms with van der Waals surface area (Å²) in [4.78, 5) is 26.3. The highest BCUT2D eigenvalue weighted by Gasteiger charge is 2.16. The average Bonchev–Trinajstić information content (AvgIpc) is 2.41. The van der Waals surface area contributed by atoms with Gasteiger partial charge in [0, 0.05) is 27.2 Å². The summed E-state index contributed by atoms with van der Waals surface area (Å²) in [5.41, 5.74) is 0. The Balaban J connectivity index is 2.03. The maximum atomic E-state index is 11.5. The Morgan fingerprint density at radius 3 is 2.75 bits per heavy atom. The SMILES string of the molecule is CN(C)C(=O)NCC(=O)NCCCN1CCCC(O)C1. The zero-order valence-electron chi connectivity index (χ0n) is 12.4. The van der Waals surface area contributed by atoms with Gasteiger partial charge in [-0.25, -0.2) is 4.79 Å². The monoisotopic (exact) mass is 286 g/mol. The molecule has 0 bridgehead atoms. The van der Waals surface area contributed by atoms with Crippen molar-refractivity contribution in [3.63, 3.8) is 0 Å². The smallest absolute Gasteiger partial charge is 0.317 e. The van der Waals surface area contributed by atoms with E-state index in [0.29, 0.717) is 6.54 Å². The van der Waals surface area contributed by atoms with Crippen LogP contribution in [-0.2, 0) is 4.79 Å². The summed E-state index contributed by atoms with van der Waals surface area (Å²) < 4.78 is 0. The highest BCUT2D eigenvalue weighted by atomic mass is 16.3. The van der Waals surface area contributed by atoms with Crippen molar-refractivity contribution in [1.82, 2.24) is 20.4 Å². The standard InChI is InChI=1S/C13H26N4O3/c1-16(2)13(20)15-9-12(19)14-6-4-8-17-7-3-5-11(18)10-17/h11,18H,3-10H2,1-2H3,(H,14,19)(H,15,20). The van der Waals surface area contributed by atoms with Crippen LogP contribution in [0.25, 0.3) is 0 Å². The van der Waals surface area contributed by atoms with Crippen molar-refractivity contribution >= 4 is 11.9 Å². The van der Waals surface area contributed by atoms with E-state index in [9.17, 15) is 14.7 Å². The Hall–Kier alpha value is -1.34. The molecule has 1 fully saturated rings. The molecular formula is C13H26N4O3. The molecule has 1 unspecified atom stereocenters. The van der Waals surface area contributed by atoms with Crippen LogP contribution in [-0.4, -0.2) is 79.8 Å². The number of β-amino-alcohol motifs (C(OH)–C–C–N with tert-alkyl or cyclic N) is 1. The van der Waals surface area contributed by atoms with E-state index in [-0.39, 0.29) is 24.6 Å². The van der Waals surface area contributed by atoms with Crippen LogP contribution < -0.4 is 10.6 Å². The first-order chi connectivity index (χ1) is 9.49. The Bertz CT molecular complexity index is 323. The zero-order chi connectivity index (χ0) is 15.0. The minimum Gasteiger partial charge on any atom is -0.392 e. The van der Waals surface area contributed by atoms with E-state index in [1.165, 1.54) is 4.90 Å². The van der Waals surface area contributed by atoms with Gasteiger partial charge >= 0.3 is 6.03 Å². The maximum Gasteiger partial charge on any atom is 0.317 e. The summed E-state index contributed by atoms with van der Waals surface area (Å²) in [6.45, 7) is 3.21. The van der Waals surface area contributed by atoms with Gasteiger partial charge in [0.25, 0.3) is 0 Å². The topological polar surface area (TPSA) is 84.9 Å². The molecule has 7 heteroatoms. The molecule has 0 radical (unpaired) electrons. The number of hydrogen-bond donors (Lipinski definition) is 3. The highest BCUT2D eigenvalue weighted by Crippen LogP contribution is 2.09. The van der Waals surface area contributed by atoms with Crippen LogP contribution in [0.3, 0.4) is 0 Å². The number of likely N-dealkylation sites (tertiary alicyclic amines) is 1. The number of amides is 3. The molecule has 3 N–H and O–H groups in total. The van der Waals surface area contributed by atoms with Gasteiger partial charge in [0.05, 0.1) is 12.6 Å². The second kappa shape index (κ2) is 8.76. The summed E-state index contributed by atoms with van der Waals surface area (Å²) in [6.07, 6.45) is 2.56. The summed E-state index contributed by atoms with van der Waals surface area (Å²) in [7, 11) is 3.25. The summed E-state index contributed by atoms with van der Waals surface area (Å²) in [5, 5.41) is 14.8. The molecule has 0 aromatic rings. The Kier molecular flexibility index (Phi) is 7.32. The summed E-state index contributed by atoms with van der Waals surface area (Å²) in [6, 6.07) is -0.276. The minimum absolute atomic E-state index is 0.000554. The molecule has 1 heterocycles. The Morgan fingerprint density at radius 2 is 2.10 bits per heavy atom. The van der Waals surface area contributed by atoms with Crippen LogP contribution in [0.1, 0.15) is 19.3 Å². The van der Waals surface area contributed by atoms with E-state index in [0.717, 1.165) is 38.9 Å². The molecular weight excluding hydrogens is 260 g/mol. The molecule has 0 aromatic carbocycles. The van der Waals surface area contributed by atoms with Crippen molar-refractivity contribution < 1.29 is 14.7 Å². The fraction of sp³-hybridized carbons (Fsp3) is 0.846. The van der Waals surface area contributed by atoms with Crippen LogP contribution in [0, 0.1) is 0 Å². The van der Waals surface area contributed by atoms with Crippen molar-refractivity contribution in [3.05, 3.63) is 0 Å². The fourth-order valence-electron chi connectivity index (χ4n) is 2.14. The van der Waals surface area contributed by atoms with Gasteiger partial charge in [0.15, 0.2) is 0 Å². The quantitative estimate of drug-likeness (QED) is 0.559. The van der Waals surface area contributed by atoms with Gasteiger partial charge in [-0.2, -0.15) is 0 Å². The van der Waals surface area contributed by atoms with Crippen molar-refractivity contribution in [1.29, 1.82) is 0 Å². The molecule has 0 saturated carbocycles. The maximum absolute atomic E-state index is 11.5. The van der Waals surface area contributed by atoms with Gasteiger partial charge in [-0.3, -0.25) is 4.79 Å². The van der Waals surface area contributed by atoms with Crippen molar-refractivity contribution in [2.75, 3.05) is 46.8 Å². The number of piperidine rings is 1. The lowest BCUT2D eigenvalue weighted by Crippen LogP contribution is -2.42. The number of urea groups is 1. The molecule has 1 aliphatic rings. The van der Waals surface area contributed by atoms with Crippen LogP contribution >= 0.6 is 0 Å². The minimum atomic E-state index is -0.276. The van der Waals surface area contributed by atoms with Gasteiger partial charge in [-0.15, -0.1) is 0 Å². The normalized spacial score (nSPS) is 19.4. The molecule has 20 heavy (non-hydrogen) atoms. The van der Waals surface area contributed by atoms with E-state index < -0.39 is 0 Å². The molecule has 7 nitrogen and oxygen atoms in total. The van der Waals surface area contributed by atoms with Crippen LogP contribution in [0.2, 0.25) is 0 Å². The second-order valence-electron chi connectivity index (χ2n) is 5.35. The molecule has 0 aromatic heterocycles. The molecule has 1 atom stereocenters.